The maximum absolute atomic E-state index is 13.8. The number of anilines is 1. The normalized spacial score (nSPS) is 22.8. The van der Waals surface area contributed by atoms with Crippen LogP contribution in [-0.4, -0.2) is 17.9 Å². The number of nitriles is 2. The van der Waals surface area contributed by atoms with E-state index in [9.17, 15) is 19.7 Å². The van der Waals surface area contributed by atoms with Gasteiger partial charge >= 0.3 is 0 Å². The molecule has 4 nitrogen and oxygen atoms in total. The molecule has 3 aromatic rings. The number of rotatable bonds is 3. The summed E-state index contributed by atoms with van der Waals surface area (Å²) in [5, 5.41) is 22.5. The average molecular weight is 425 g/mol. The highest BCUT2D eigenvalue weighted by Gasteiger charge is 2.63. The number of hydrogen-bond acceptors (Lipinski definition) is 5. The third-order valence-corrected chi connectivity index (χ3v) is 7.12. The van der Waals surface area contributed by atoms with Crippen molar-refractivity contribution in [2.24, 2.45) is 5.41 Å². The highest BCUT2D eigenvalue weighted by atomic mass is 32.1. The maximum atomic E-state index is 13.8. The first-order valence-electron chi connectivity index (χ1n) is 9.82. The zero-order valence-electron chi connectivity index (χ0n) is 16.3. The minimum atomic E-state index is -1.45. The number of nitrogens with zero attached hydrogens (tertiary/aromatic N) is 3. The number of carbonyl (C=O) groups excluding carboxylic acids is 1. The molecule has 0 saturated carbocycles. The van der Waals surface area contributed by atoms with Gasteiger partial charge in [-0.25, -0.2) is 4.39 Å². The van der Waals surface area contributed by atoms with Crippen molar-refractivity contribution in [3.05, 3.63) is 93.9 Å². The molecular weight excluding hydrogens is 409 g/mol. The zero-order valence-corrected chi connectivity index (χ0v) is 17.1. The van der Waals surface area contributed by atoms with E-state index < -0.39 is 29.2 Å². The first-order valence-corrected chi connectivity index (χ1v) is 10.7. The van der Waals surface area contributed by atoms with Crippen molar-refractivity contribution in [1.29, 1.82) is 10.5 Å². The van der Waals surface area contributed by atoms with Crippen molar-refractivity contribution in [2.75, 3.05) is 4.90 Å². The highest BCUT2D eigenvalue weighted by molar-refractivity contribution is 7.10. The number of halogens is 1. The fraction of sp³-hybridized carbons (Fsp3) is 0.160. The van der Waals surface area contributed by atoms with Crippen LogP contribution in [0.3, 0.4) is 0 Å². The summed E-state index contributed by atoms with van der Waals surface area (Å²) in [6.45, 7) is 0. The molecule has 3 heterocycles. The van der Waals surface area contributed by atoms with Gasteiger partial charge in [-0.05, 0) is 47.3 Å². The molecular formula is C25H16FN3OS. The van der Waals surface area contributed by atoms with E-state index in [-0.39, 0.29) is 5.78 Å². The summed E-state index contributed by atoms with van der Waals surface area (Å²) < 4.78 is 13.5. The van der Waals surface area contributed by atoms with Crippen molar-refractivity contribution < 1.29 is 9.18 Å². The average Bonchev–Trinajstić information content (AvgIpc) is 3.43. The molecule has 0 amide bonds. The molecule has 2 aliphatic heterocycles. The molecule has 3 unspecified atom stereocenters. The van der Waals surface area contributed by atoms with Crippen LogP contribution in [-0.2, 0) is 0 Å². The summed E-state index contributed by atoms with van der Waals surface area (Å²) in [5.41, 5.74) is 0.636. The summed E-state index contributed by atoms with van der Waals surface area (Å²) in [6.07, 6.45) is 3.77. The first kappa shape index (κ1) is 19.2. The van der Waals surface area contributed by atoms with E-state index in [1.54, 1.807) is 0 Å². The monoisotopic (exact) mass is 425 g/mol. The summed E-state index contributed by atoms with van der Waals surface area (Å²) >= 11 is 1.43. The third kappa shape index (κ3) is 2.73. The quantitative estimate of drug-likeness (QED) is 0.543. The van der Waals surface area contributed by atoms with Gasteiger partial charge in [-0.15, -0.1) is 11.3 Å². The number of ketones is 1. The van der Waals surface area contributed by atoms with Gasteiger partial charge < -0.3 is 4.90 Å². The molecule has 1 aromatic heterocycles. The van der Waals surface area contributed by atoms with Crippen LogP contribution in [0.15, 0.2) is 72.1 Å². The Hall–Kier alpha value is -3.74. The molecule has 5 rings (SSSR count). The minimum Gasteiger partial charge on any atom is -0.351 e. The Morgan fingerprint density at radius 1 is 1.03 bits per heavy atom. The number of hydrogen-bond donors (Lipinski definition) is 0. The number of carbonyl (C=O) groups is 1. The van der Waals surface area contributed by atoms with Crippen molar-refractivity contribution in [3.8, 4) is 12.1 Å². The van der Waals surface area contributed by atoms with E-state index in [0.717, 1.165) is 16.1 Å². The second kappa shape index (κ2) is 7.19. The lowest BCUT2D eigenvalue weighted by Crippen LogP contribution is -2.44. The van der Waals surface area contributed by atoms with E-state index in [0.29, 0.717) is 5.56 Å². The summed E-state index contributed by atoms with van der Waals surface area (Å²) in [7, 11) is 0. The van der Waals surface area contributed by atoms with Gasteiger partial charge in [0.2, 0.25) is 0 Å². The molecule has 3 atom stereocenters. The van der Waals surface area contributed by atoms with E-state index in [1.165, 1.54) is 35.6 Å². The third-order valence-electron chi connectivity index (χ3n) is 6.16. The van der Waals surface area contributed by atoms with Crippen molar-refractivity contribution >= 4 is 28.9 Å². The van der Waals surface area contributed by atoms with Gasteiger partial charge in [0.15, 0.2) is 11.2 Å². The number of thiophene rings is 1. The SMILES string of the molecule is N#CC1(C#N)C(c2cccs2)C(C(=O)c2ccc(F)cc2)N2c3ccccc3C=CC21. The molecule has 0 spiro atoms. The van der Waals surface area contributed by atoms with E-state index in [1.807, 2.05) is 58.8 Å². The van der Waals surface area contributed by atoms with Crippen molar-refractivity contribution in [1.82, 2.24) is 0 Å². The van der Waals surface area contributed by atoms with Crippen LogP contribution < -0.4 is 4.90 Å². The molecule has 2 aromatic carbocycles. The molecule has 6 heteroatoms. The van der Waals surface area contributed by atoms with Gasteiger partial charge in [0.25, 0.3) is 0 Å². The zero-order chi connectivity index (χ0) is 21.6. The van der Waals surface area contributed by atoms with Crippen LogP contribution in [0, 0.1) is 33.9 Å². The number of fused-ring (bicyclic) bond motifs is 3. The van der Waals surface area contributed by atoms with Gasteiger partial charge in [0, 0.05) is 16.1 Å². The van der Waals surface area contributed by atoms with Gasteiger partial charge in [-0.2, -0.15) is 10.5 Å². The molecule has 0 N–H and O–H groups in total. The predicted octanol–water partition coefficient (Wildman–Crippen LogP) is 5.17. The first-order chi connectivity index (χ1) is 15.1. The lowest BCUT2D eigenvalue weighted by Gasteiger charge is -2.35. The smallest absolute Gasteiger partial charge is 0.186 e. The predicted molar refractivity (Wildman–Crippen MR) is 117 cm³/mol. The topological polar surface area (TPSA) is 67.9 Å². The Morgan fingerprint density at radius 3 is 2.45 bits per heavy atom. The number of benzene rings is 2. The van der Waals surface area contributed by atoms with Gasteiger partial charge in [-0.3, -0.25) is 4.79 Å². The fourth-order valence-corrected chi connectivity index (χ4v) is 5.73. The number of Topliss-reactive ketones (excluding diaryl/α,β-unsaturated/α-hetero) is 1. The Labute approximate surface area is 183 Å². The molecule has 31 heavy (non-hydrogen) atoms. The maximum Gasteiger partial charge on any atom is 0.186 e. The van der Waals surface area contributed by atoms with E-state index in [4.69, 9.17) is 0 Å². The molecule has 0 aliphatic carbocycles. The fourth-order valence-electron chi connectivity index (χ4n) is 4.80. The largest absolute Gasteiger partial charge is 0.351 e. The molecule has 2 aliphatic rings. The van der Waals surface area contributed by atoms with E-state index in [2.05, 4.69) is 12.1 Å². The lowest BCUT2D eigenvalue weighted by atomic mass is 9.71. The van der Waals surface area contributed by atoms with Crippen LogP contribution >= 0.6 is 11.3 Å². The molecule has 0 bridgehead atoms. The Bertz CT molecular complexity index is 1250. The van der Waals surface area contributed by atoms with Crippen molar-refractivity contribution in [2.45, 2.75) is 18.0 Å². The minimum absolute atomic E-state index is 0.235. The van der Waals surface area contributed by atoms with Gasteiger partial charge in [-0.1, -0.05) is 36.4 Å². The summed E-state index contributed by atoms with van der Waals surface area (Å²) in [6, 6.07) is 20.0. The van der Waals surface area contributed by atoms with Crippen LogP contribution in [0.5, 0.6) is 0 Å². The molecule has 150 valence electrons. The molecule has 1 fully saturated rings. The molecule has 0 radical (unpaired) electrons. The second-order valence-corrected chi connectivity index (χ2v) is 8.65. The molecule has 1 saturated heterocycles. The highest BCUT2D eigenvalue weighted by Crippen LogP contribution is 2.56. The van der Waals surface area contributed by atoms with Crippen LogP contribution in [0.1, 0.15) is 26.7 Å². The standard InChI is InChI=1S/C25H16FN3OS/c26-18-10-7-17(8-11-18)24(30)23-22(20-6-3-13-31-20)25(14-27,15-28)21-12-9-16-4-1-2-5-19(16)29(21)23/h1-13,21-23H. The van der Waals surface area contributed by atoms with Crippen LogP contribution in [0.2, 0.25) is 0 Å². The second-order valence-electron chi connectivity index (χ2n) is 7.67. The van der Waals surface area contributed by atoms with Crippen molar-refractivity contribution in [3.63, 3.8) is 0 Å². The van der Waals surface area contributed by atoms with Gasteiger partial charge in [0.1, 0.15) is 11.9 Å². The van der Waals surface area contributed by atoms with Crippen LogP contribution in [0.4, 0.5) is 10.1 Å². The summed E-state index contributed by atoms with van der Waals surface area (Å²) in [5.74, 6) is -1.31. The Kier molecular flexibility index (Phi) is 4.46. The summed E-state index contributed by atoms with van der Waals surface area (Å²) in [4.78, 5) is 16.6. The van der Waals surface area contributed by atoms with E-state index >= 15 is 0 Å². The number of para-hydroxylation sites is 1. The Morgan fingerprint density at radius 2 is 1.77 bits per heavy atom. The van der Waals surface area contributed by atoms with Gasteiger partial charge in [0.05, 0.1) is 24.1 Å². The van der Waals surface area contributed by atoms with Crippen LogP contribution in [0.25, 0.3) is 6.08 Å². The lowest BCUT2D eigenvalue weighted by molar-refractivity contribution is 0.0951. The Balaban J connectivity index is 1.77.